The zero-order valence-electron chi connectivity index (χ0n) is 13.4. The topological polar surface area (TPSA) is 102 Å². The van der Waals surface area contributed by atoms with Crippen LogP contribution in [0.25, 0.3) is 0 Å². The lowest BCUT2D eigenvalue weighted by atomic mass is 10.2. The maximum absolute atomic E-state index is 11.6. The molecule has 1 aromatic heterocycles. The molecule has 0 saturated heterocycles. The minimum absolute atomic E-state index is 0.0268. The summed E-state index contributed by atoms with van der Waals surface area (Å²) in [5.74, 6) is 6.09. The van der Waals surface area contributed by atoms with Crippen LogP contribution in [-0.4, -0.2) is 28.7 Å². The number of urea groups is 1. The van der Waals surface area contributed by atoms with Crippen LogP contribution < -0.4 is 22.1 Å². The Bertz CT molecular complexity index is 638. The highest BCUT2D eigenvalue weighted by Crippen LogP contribution is 2.06. The highest BCUT2D eigenvalue weighted by molar-refractivity contribution is 5.74. The van der Waals surface area contributed by atoms with Gasteiger partial charge in [-0.2, -0.15) is 4.98 Å². The molecule has 120 valence electrons. The standard InChI is InChI=1S/C15H23N5O2/c1-10(2)8-18-14(21)17-7-5-6-12-9-20(11(3)4)15(22)19-13(12)16/h9-11H,7-8H2,1-4H3,(H2,16,19,22)(H2,17,18,21). The predicted octanol–water partition coefficient (Wildman–Crippen LogP) is 0.713. The van der Waals surface area contributed by atoms with Crippen LogP contribution in [0, 0.1) is 17.8 Å². The van der Waals surface area contributed by atoms with Crippen molar-refractivity contribution >= 4 is 11.8 Å². The van der Waals surface area contributed by atoms with Crippen molar-refractivity contribution in [3.63, 3.8) is 0 Å². The Morgan fingerprint density at radius 3 is 2.64 bits per heavy atom. The summed E-state index contributed by atoms with van der Waals surface area (Å²) in [5, 5.41) is 5.35. The molecule has 0 aromatic carbocycles. The highest BCUT2D eigenvalue weighted by atomic mass is 16.2. The third-order valence-electron chi connectivity index (χ3n) is 2.77. The van der Waals surface area contributed by atoms with E-state index in [1.54, 1.807) is 6.20 Å². The summed E-state index contributed by atoms with van der Waals surface area (Å²) in [6.07, 6.45) is 1.58. The zero-order chi connectivity index (χ0) is 16.7. The van der Waals surface area contributed by atoms with Crippen LogP contribution in [0.3, 0.4) is 0 Å². The Labute approximate surface area is 130 Å². The quantitative estimate of drug-likeness (QED) is 0.713. The Kier molecular flexibility index (Phi) is 6.45. The van der Waals surface area contributed by atoms with E-state index in [1.165, 1.54) is 4.57 Å². The van der Waals surface area contributed by atoms with Crippen LogP contribution in [0.2, 0.25) is 0 Å². The number of rotatable bonds is 4. The van der Waals surface area contributed by atoms with Crippen LogP contribution in [0.4, 0.5) is 10.6 Å². The monoisotopic (exact) mass is 305 g/mol. The molecule has 1 aromatic rings. The number of carbonyl (C=O) groups is 1. The molecular formula is C15H23N5O2. The minimum atomic E-state index is -0.399. The van der Waals surface area contributed by atoms with Gasteiger partial charge in [0.25, 0.3) is 0 Å². The van der Waals surface area contributed by atoms with Gasteiger partial charge >= 0.3 is 11.7 Å². The number of nitrogens with one attached hydrogen (secondary N) is 2. The smallest absolute Gasteiger partial charge is 0.349 e. The summed E-state index contributed by atoms with van der Waals surface area (Å²) < 4.78 is 1.46. The van der Waals surface area contributed by atoms with Crippen LogP contribution in [0.5, 0.6) is 0 Å². The molecule has 0 bridgehead atoms. The van der Waals surface area contributed by atoms with E-state index in [1.807, 2.05) is 27.7 Å². The van der Waals surface area contributed by atoms with Crippen molar-refractivity contribution in [2.75, 3.05) is 18.8 Å². The van der Waals surface area contributed by atoms with Gasteiger partial charge in [0.2, 0.25) is 0 Å². The van der Waals surface area contributed by atoms with Crippen molar-refractivity contribution in [2.45, 2.75) is 33.7 Å². The first-order valence-corrected chi connectivity index (χ1v) is 7.20. The molecule has 0 aliphatic carbocycles. The number of nitrogens with two attached hydrogens (primary N) is 1. The number of nitrogens with zero attached hydrogens (tertiary/aromatic N) is 2. The first kappa shape index (κ1) is 17.6. The van der Waals surface area contributed by atoms with Crippen LogP contribution in [-0.2, 0) is 0 Å². The number of hydrogen-bond acceptors (Lipinski definition) is 4. The zero-order valence-corrected chi connectivity index (χ0v) is 13.4. The van der Waals surface area contributed by atoms with Gasteiger partial charge in [0.05, 0.1) is 12.1 Å². The first-order chi connectivity index (χ1) is 10.3. The van der Waals surface area contributed by atoms with Crippen molar-refractivity contribution in [3.05, 3.63) is 22.2 Å². The summed E-state index contributed by atoms with van der Waals surface area (Å²) in [6.45, 7) is 8.56. The molecular weight excluding hydrogens is 282 g/mol. The summed E-state index contributed by atoms with van der Waals surface area (Å²) in [5.41, 5.74) is 5.76. The second-order valence-electron chi connectivity index (χ2n) is 5.58. The second kappa shape index (κ2) is 8.08. The molecule has 7 nitrogen and oxygen atoms in total. The van der Waals surface area contributed by atoms with Crippen molar-refractivity contribution in [2.24, 2.45) is 5.92 Å². The lowest BCUT2D eigenvalue weighted by Crippen LogP contribution is -2.37. The molecule has 0 fully saturated rings. The number of nitrogen functional groups attached to an aromatic ring is 1. The maximum Gasteiger partial charge on any atom is 0.349 e. The second-order valence-corrected chi connectivity index (χ2v) is 5.58. The van der Waals surface area contributed by atoms with Crippen molar-refractivity contribution in [1.29, 1.82) is 0 Å². The lowest BCUT2D eigenvalue weighted by Gasteiger charge is -2.09. The van der Waals surface area contributed by atoms with E-state index in [-0.39, 0.29) is 24.4 Å². The summed E-state index contributed by atoms with van der Waals surface area (Å²) in [7, 11) is 0. The first-order valence-electron chi connectivity index (χ1n) is 7.20. The third-order valence-corrected chi connectivity index (χ3v) is 2.77. The van der Waals surface area contributed by atoms with Gasteiger partial charge in [0, 0.05) is 18.8 Å². The Morgan fingerprint density at radius 2 is 2.05 bits per heavy atom. The SMILES string of the molecule is CC(C)CNC(=O)NCC#Cc1cn(C(C)C)c(=O)nc1N. The van der Waals surface area contributed by atoms with E-state index in [2.05, 4.69) is 27.5 Å². The third kappa shape index (κ3) is 5.48. The summed E-state index contributed by atoms with van der Waals surface area (Å²) in [6, 6.07) is -0.290. The van der Waals surface area contributed by atoms with Crippen molar-refractivity contribution < 1.29 is 4.79 Å². The fourth-order valence-electron chi connectivity index (χ4n) is 1.57. The Balaban J connectivity index is 2.67. The predicted molar refractivity (Wildman–Crippen MR) is 86.4 cm³/mol. The van der Waals surface area contributed by atoms with Gasteiger partial charge < -0.3 is 16.4 Å². The largest absolute Gasteiger partial charge is 0.382 e. The molecule has 1 rings (SSSR count). The van der Waals surface area contributed by atoms with Gasteiger partial charge in [-0.25, -0.2) is 9.59 Å². The van der Waals surface area contributed by atoms with Crippen LogP contribution in [0.1, 0.15) is 39.3 Å². The van der Waals surface area contributed by atoms with Gasteiger partial charge in [-0.15, -0.1) is 0 Å². The highest BCUT2D eigenvalue weighted by Gasteiger charge is 2.06. The molecule has 0 spiro atoms. The summed E-state index contributed by atoms with van der Waals surface area (Å²) in [4.78, 5) is 26.8. The van der Waals surface area contributed by atoms with Gasteiger partial charge in [-0.05, 0) is 19.8 Å². The number of aromatic nitrogens is 2. The molecule has 0 atom stereocenters. The molecule has 7 heteroatoms. The Morgan fingerprint density at radius 1 is 1.36 bits per heavy atom. The maximum atomic E-state index is 11.6. The Hall–Kier alpha value is -2.49. The molecule has 0 aliphatic heterocycles. The normalized spacial score (nSPS) is 10.3. The fraction of sp³-hybridized carbons (Fsp3) is 0.533. The molecule has 0 unspecified atom stereocenters. The van der Waals surface area contributed by atoms with Gasteiger partial charge in [0.15, 0.2) is 0 Å². The van der Waals surface area contributed by atoms with Crippen molar-refractivity contribution in [3.8, 4) is 11.8 Å². The van der Waals surface area contributed by atoms with Crippen LogP contribution in [0.15, 0.2) is 11.0 Å². The van der Waals surface area contributed by atoms with E-state index in [0.717, 1.165) is 0 Å². The molecule has 1 heterocycles. The minimum Gasteiger partial charge on any atom is -0.382 e. The molecule has 4 N–H and O–H groups in total. The molecule has 22 heavy (non-hydrogen) atoms. The number of carbonyl (C=O) groups excluding carboxylic acids is 1. The van der Waals surface area contributed by atoms with E-state index >= 15 is 0 Å². The lowest BCUT2D eigenvalue weighted by molar-refractivity contribution is 0.241. The van der Waals surface area contributed by atoms with E-state index in [9.17, 15) is 9.59 Å². The van der Waals surface area contributed by atoms with E-state index < -0.39 is 5.69 Å². The van der Waals surface area contributed by atoms with E-state index in [0.29, 0.717) is 18.0 Å². The fourth-order valence-corrected chi connectivity index (χ4v) is 1.57. The molecule has 2 amide bonds. The average molecular weight is 305 g/mol. The van der Waals surface area contributed by atoms with Gasteiger partial charge in [-0.3, -0.25) is 4.57 Å². The number of amides is 2. The van der Waals surface area contributed by atoms with E-state index in [4.69, 9.17) is 5.73 Å². The van der Waals surface area contributed by atoms with Crippen molar-refractivity contribution in [1.82, 2.24) is 20.2 Å². The van der Waals surface area contributed by atoms with Gasteiger partial charge in [0.1, 0.15) is 5.82 Å². The molecule has 0 radical (unpaired) electrons. The van der Waals surface area contributed by atoms with Crippen LogP contribution >= 0.6 is 0 Å². The number of anilines is 1. The molecule has 0 aliphatic rings. The average Bonchev–Trinajstić information content (AvgIpc) is 2.42. The van der Waals surface area contributed by atoms with Gasteiger partial charge in [-0.1, -0.05) is 25.7 Å². The molecule has 0 saturated carbocycles. The number of hydrogen-bond donors (Lipinski definition) is 3. The summed E-state index contributed by atoms with van der Waals surface area (Å²) >= 11 is 0.